The molecule has 2 aromatic rings. The van der Waals surface area contributed by atoms with E-state index in [-0.39, 0.29) is 55.7 Å². The molecule has 3 rings (SSSR count). The van der Waals surface area contributed by atoms with Crippen molar-refractivity contribution >= 4 is 29.4 Å². The minimum Gasteiger partial charge on any atom is -0.449 e. The summed E-state index contributed by atoms with van der Waals surface area (Å²) in [7, 11) is 1.49. The summed E-state index contributed by atoms with van der Waals surface area (Å²) >= 11 is 0. The number of aliphatic hydroxyl groups is 1. The van der Waals surface area contributed by atoms with Gasteiger partial charge in [0, 0.05) is 69.8 Å². The molecule has 4 N–H and O–H groups in total. The summed E-state index contributed by atoms with van der Waals surface area (Å²) in [5, 5.41) is 17.2. The Morgan fingerprint density at radius 1 is 0.891 bits per heavy atom. The van der Waals surface area contributed by atoms with Crippen LogP contribution in [0.25, 0.3) is 11.1 Å². The number of hydrogen-bond donors (Lipinski definition) is 4. The molecule has 1 aliphatic rings. The van der Waals surface area contributed by atoms with Crippen LogP contribution in [-0.4, -0.2) is 81.5 Å². The fourth-order valence-corrected chi connectivity index (χ4v) is 5.28. The van der Waals surface area contributed by atoms with E-state index in [9.17, 15) is 19.2 Å². The van der Waals surface area contributed by atoms with Gasteiger partial charge in [-0.05, 0) is 73.1 Å². The highest BCUT2D eigenvalue weighted by Gasteiger charge is 2.31. The highest BCUT2D eigenvalue weighted by molar-refractivity contribution is 5.98. The number of ether oxygens (including phenoxy) is 3. The van der Waals surface area contributed by atoms with E-state index in [0.717, 1.165) is 35.1 Å². The van der Waals surface area contributed by atoms with Crippen molar-refractivity contribution in [2.45, 2.75) is 77.2 Å². The number of nitrogens with one attached hydrogen (secondary N) is 3. The SMILES string of the molecule is CCCCOCCNC(=O)CCCC(=O)Nc1ccc2c(c1)C(COC(=O)NC)c1cc(C(=O)CCCOC(C)CCO)ccc1-2. The van der Waals surface area contributed by atoms with Gasteiger partial charge in [0.2, 0.25) is 11.8 Å². The predicted molar refractivity (Wildman–Crippen MR) is 176 cm³/mol. The third-order valence-corrected chi connectivity index (χ3v) is 7.84. The largest absolute Gasteiger partial charge is 0.449 e. The molecule has 2 aromatic carbocycles. The Kier molecular flexibility index (Phi) is 15.7. The lowest BCUT2D eigenvalue weighted by molar-refractivity contribution is -0.121. The highest BCUT2D eigenvalue weighted by Crippen LogP contribution is 2.46. The van der Waals surface area contributed by atoms with Crippen LogP contribution in [0.1, 0.15) is 92.6 Å². The van der Waals surface area contributed by atoms with Gasteiger partial charge < -0.3 is 35.3 Å². The molecular weight excluding hydrogens is 590 g/mol. The number of rotatable bonds is 21. The van der Waals surface area contributed by atoms with Gasteiger partial charge >= 0.3 is 6.09 Å². The average molecular weight is 640 g/mol. The Bertz CT molecular complexity index is 1310. The minimum absolute atomic E-state index is 0.00919. The second kappa shape index (κ2) is 19.7. The van der Waals surface area contributed by atoms with Crippen molar-refractivity contribution in [1.29, 1.82) is 0 Å². The van der Waals surface area contributed by atoms with Crippen LogP contribution in [-0.2, 0) is 23.8 Å². The van der Waals surface area contributed by atoms with Crippen LogP contribution in [0, 0.1) is 0 Å². The summed E-state index contributed by atoms with van der Waals surface area (Å²) in [6.07, 6.45) is 3.73. The van der Waals surface area contributed by atoms with Crippen LogP contribution >= 0.6 is 0 Å². The molecule has 0 bridgehead atoms. The molecular formula is C35H49N3O8. The molecule has 0 heterocycles. The number of hydrogen-bond acceptors (Lipinski definition) is 8. The van der Waals surface area contributed by atoms with E-state index in [1.165, 1.54) is 7.05 Å². The number of amides is 3. The first kappa shape index (κ1) is 36.7. The second-order valence-corrected chi connectivity index (χ2v) is 11.4. The molecule has 0 saturated carbocycles. The van der Waals surface area contributed by atoms with Gasteiger partial charge in [-0.3, -0.25) is 14.4 Å². The van der Waals surface area contributed by atoms with Crippen molar-refractivity contribution in [3.8, 4) is 11.1 Å². The molecule has 2 atom stereocenters. The number of unbranched alkanes of at least 4 members (excludes halogenated alkanes) is 1. The van der Waals surface area contributed by atoms with Crippen LogP contribution in [0.3, 0.4) is 0 Å². The van der Waals surface area contributed by atoms with Gasteiger partial charge in [0.1, 0.15) is 6.61 Å². The van der Waals surface area contributed by atoms with E-state index in [1.807, 2.05) is 43.3 Å². The number of benzene rings is 2. The molecule has 0 fully saturated rings. The van der Waals surface area contributed by atoms with E-state index < -0.39 is 6.09 Å². The molecule has 0 aliphatic heterocycles. The van der Waals surface area contributed by atoms with Gasteiger partial charge in [-0.1, -0.05) is 31.5 Å². The lowest BCUT2D eigenvalue weighted by atomic mass is 9.94. The molecule has 46 heavy (non-hydrogen) atoms. The topological polar surface area (TPSA) is 152 Å². The van der Waals surface area contributed by atoms with Crippen molar-refractivity contribution in [2.75, 3.05) is 51.9 Å². The summed E-state index contributed by atoms with van der Waals surface area (Å²) in [5.74, 6) is -0.652. The summed E-state index contributed by atoms with van der Waals surface area (Å²) in [6, 6.07) is 11.2. The van der Waals surface area contributed by atoms with Crippen LogP contribution in [0.4, 0.5) is 10.5 Å². The maximum atomic E-state index is 13.0. The first-order valence-corrected chi connectivity index (χ1v) is 16.3. The zero-order valence-electron chi connectivity index (χ0n) is 27.3. The van der Waals surface area contributed by atoms with Crippen molar-refractivity contribution in [3.05, 3.63) is 53.1 Å². The molecule has 2 unspecified atom stereocenters. The van der Waals surface area contributed by atoms with Crippen molar-refractivity contribution in [1.82, 2.24) is 10.6 Å². The molecule has 1 aliphatic carbocycles. The van der Waals surface area contributed by atoms with E-state index in [0.29, 0.717) is 63.3 Å². The third kappa shape index (κ3) is 11.5. The number of carbonyl (C=O) groups is 4. The zero-order valence-corrected chi connectivity index (χ0v) is 27.3. The van der Waals surface area contributed by atoms with Crippen LogP contribution in [0.2, 0.25) is 0 Å². The maximum Gasteiger partial charge on any atom is 0.406 e. The van der Waals surface area contributed by atoms with Gasteiger partial charge in [-0.15, -0.1) is 0 Å². The molecule has 0 radical (unpaired) electrons. The number of Topliss-reactive ketones (excluding diaryl/α,β-unsaturated/α-hetero) is 1. The zero-order chi connectivity index (χ0) is 33.3. The monoisotopic (exact) mass is 639 g/mol. The number of alkyl carbamates (subject to hydrolysis) is 1. The van der Waals surface area contributed by atoms with Gasteiger partial charge in [0.25, 0.3) is 0 Å². The van der Waals surface area contributed by atoms with Crippen LogP contribution in [0.5, 0.6) is 0 Å². The molecule has 0 saturated heterocycles. The van der Waals surface area contributed by atoms with Gasteiger partial charge in [0.05, 0.1) is 12.7 Å². The highest BCUT2D eigenvalue weighted by atomic mass is 16.5. The van der Waals surface area contributed by atoms with Gasteiger partial charge in [0.15, 0.2) is 5.78 Å². The van der Waals surface area contributed by atoms with Gasteiger partial charge in [-0.2, -0.15) is 0 Å². The first-order chi connectivity index (χ1) is 22.3. The average Bonchev–Trinajstić information content (AvgIpc) is 3.35. The maximum absolute atomic E-state index is 13.0. The minimum atomic E-state index is -0.560. The van der Waals surface area contributed by atoms with Crippen molar-refractivity contribution in [3.63, 3.8) is 0 Å². The molecule has 11 nitrogen and oxygen atoms in total. The van der Waals surface area contributed by atoms with Gasteiger partial charge in [-0.25, -0.2) is 4.79 Å². The number of ketones is 1. The van der Waals surface area contributed by atoms with Crippen LogP contribution in [0.15, 0.2) is 36.4 Å². The van der Waals surface area contributed by atoms with Crippen molar-refractivity contribution in [2.24, 2.45) is 0 Å². The van der Waals surface area contributed by atoms with E-state index in [4.69, 9.17) is 19.3 Å². The van der Waals surface area contributed by atoms with E-state index >= 15 is 0 Å². The Morgan fingerprint density at radius 3 is 2.37 bits per heavy atom. The summed E-state index contributed by atoms with van der Waals surface area (Å²) < 4.78 is 16.5. The van der Waals surface area contributed by atoms with Crippen molar-refractivity contribution < 1.29 is 38.5 Å². The molecule has 0 aromatic heterocycles. The Morgan fingerprint density at radius 2 is 1.63 bits per heavy atom. The Balaban J connectivity index is 1.60. The number of anilines is 1. The quantitative estimate of drug-likeness (QED) is 0.111. The van der Waals surface area contributed by atoms with Crippen LogP contribution < -0.4 is 16.0 Å². The number of aliphatic hydroxyl groups excluding tert-OH is 1. The summed E-state index contributed by atoms with van der Waals surface area (Å²) in [6.45, 7) is 6.15. The molecule has 3 amide bonds. The Labute approximate surface area is 271 Å². The third-order valence-electron chi connectivity index (χ3n) is 7.84. The summed E-state index contributed by atoms with van der Waals surface area (Å²) in [5.41, 5.74) is 4.82. The lowest BCUT2D eigenvalue weighted by Gasteiger charge is -2.16. The number of carbonyl (C=O) groups excluding carboxylic acids is 4. The molecule has 252 valence electrons. The standard InChI is InChI=1S/C35H49N3O8/c1-4-5-18-44-20-16-37-33(41)9-6-10-34(42)38-26-12-14-28-27-13-11-25(32(40)8-7-19-45-24(2)15-17-39)21-29(27)31(30(28)22-26)23-46-35(43)36-3/h11-14,21-22,24,31,39H,4-10,15-20,23H2,1-3H3,(H,36,43)(H,37,41)(H,38,42). The number of fused-ring (bicyclic) bond motifs is 3. The second-order valence-electron chi connectivity index (χ2n) is 11.4. The van der Waals surface area contributed by atoms with E-state index in [1.54, 1.807) is 0 Å². The predicted octanol–water partition coefficient (Wildman–Crippen LogP) is 4.95. The fraction of sp³-hybridized carbons (Fsp3) is 0.543. The smallest absolute Gasteiger partial charge is 0.406 e. The fourth-order valence-electron chi connectivity index (χ4n) is 5.28. The lowest BCUT2D eigenvalue weighted by Crippen LogP contribution is -2.27. The summed E-state index contributed by atoms with van der Waals surface area (Å²) in [4.78, 5) is 49.8. The normalized spacial score (nSPS) is 13.8. The molecule has 11 heteroatoms. The first-order valence-electron chi connectivity index (χ1n) is 16.3. The van der Waals surface area contributed by atoms with E-state index in [2.05, 4.69) is 22.9 Å². The molecule has 0 spiro atoms. The Hall–Kier alpha value is -3.80.